The predicted octanol–water partition coefficient (Wildman–Crippen LogP) is 3.55. The number of halogens is 1. The Morgan fingerprint density at radius 2 is 2.05 bits per heavy atom. The molecule has 0 bridgehead atoms. The molecule has 0 heterocycles. The second-order valence-corrected chi connectivity index (χ2v) is 4.58. The molecule has 102 valence electrons. The lowest BCUT2D eigenvalue weighted by Gasteiger charge is -2.19. The molecule has 1 aromatic carbocycles. The average Bonchev–Trinajstić information content (AvgIpc) is 2.45. The molecule has 0 N–H and O–H groups in total. The molecule has 0 radical (unpaired) electrons. The summed E-state index contributed by atoms with van der Waals surface area (Å²) in [5.74, 6) is 1.85. The number of carbonyl (C=O) groups excluding carboxylic acids is 1. The van der Waals surface area contributed by atoms with Crippen molar-refractivity contribution in [3.05, 3.63) is 35.4 Å². The summed E-state index contributed by atoms with van der Waals surface area (Å²) in [6.45, 7) is 2.00. The smallest absolute Gasteiger partial charge is 0.337 e. The molecule has 0 fully saturated rings. The minimum absolute atomic E-state index is 0.172. The maximum atomic E-state index is 14.4. The lowest BCUT2D eigenvalue weighted by Crippen LogP contribution is -2.23. The van der Waals surface area contributed by atoms with E-state index in [1.54, 1.807) is 24.3 Å². The first-order chi connectivity index (χ1) is 9.04. The van der Waals surface area contributed by atoms with Crippen LogP contribution in [-0.2, 0) is 11.2 Å². The third kappa shape index (κ3) is 4.40. The Kier molecular flexibility index (Phi) is 5.57. The number of esters is 1. The monoisotopic (exact) mass is 262 g/mol. The molecule has 1 unspecified atom stereocenters. The third-order valence-electron chi connectivity index (χ3n) is 3.04. The summed E-state index contributed by atoms with van der Waals surface area (Å²) in [6, 6.07) is 6.67. The molecule has 0 spiro atoms. The fourth-order valence-electron chi connectivity index (χ4n) is 1.87. The van der Waals surface area contributed by atoms with Crippen LogP contribution >= 0.6 is 0 Å². The summed E-state index contributed by atoms with van der Waals surface area (Å²) >= 11 is 0. The highest BCUT2D eigenvalue weighted by Crippen LogP contribution is 2.24. The van der Waals surface area contributed by atoms with Gasteiger partial charge in [0.25, 0.3) is 0 Å². The minimum Gasteiger partial charge on any atom is -0.465 e. The predicted molar refractivity (Wildman–Crippen MR) is 73.7 cm³/mol. The molecule has 0 aliphatic carbocycles. The summed E-state index contributed by atoms with van der Waals surface area (Å²) in [4.78, 5) is 11.3. The summed E-state index contributed by atoms with van der Waals surface area (Å²) < 4.78 is 19.0. The highest BCUT2D eigenvalue weighted by atomic mass is 19.1. The van der Waals surface area contributed by atoms with E-state index in [2.05, 4.69) is 10.7 Å². The van der Waals surface area contributed by atoms with E-state index >= 15 is 0 Å². The van der Waals surface area contributed by atoms with Crippen molar-refractivity contribution in [2.24, 2.45) is 0 Å². The van der Waals surface area contributed by atoms with Gasteiger partial charge in [-0.1, -0.05) is 31.4 Å². The standard InChI is InChI=1S/C16H19FO2/c1-4-6-11-16(17,5-2)12-13-7-9-14(10-8-13)15(18)19-3/h2,7-10H,4,6,11-12H2,1,3H3. The fraction of sp³-hybridized carbons (Fsp3) is 0.438. The molecule has 1 aromatic rings. The second-order valence-electron chi connectivity index (χ2n) is 4.58. The second kappa shape index (κ2) is 6.94. The Balaban J connectivity index is 2.76. The normalized spacial score (nSPS) is 13.4. The summed E-state index contributed by atoms with van der Waals surface area (Å²) in [6.07, 6.45) is 7.50. The molecule has 0 aromatic heterocycles. The van der Waals surface area contributed by atoms with Gasteiger partial charge in [0.15, 0.2) is 5.67 Å². The highest BCUT2D eigenvalue weighted by Gasteiger charge is 2.26. The molecule has 1 rings (SSSR count). The van der Waals surface area contributed by atoms with E-state index < -0.39 is 11.6 Å². The van der Waals surface area contributed by atoms with E-state index in [1.165, 1.54) is 7.11 Å². The van der Waals surface area contributed by atoms with Gasteiger partial charge in [0, 0.05) is 6.42 Å². The van der Waals surface area contributed by atoms with Crippen LogP contribution in [0.5, 0.6) is 0 Å². The number of ether oxygens (including phenoxy) is 1. The Bertz CT molecular complexity index is 459. The van der Waals surface area contributed by atoms with Gasteiger partial charge in [0.2, 0.25) is 0 Å². The Labute approximate surface area is 114 Å². The topological polar surface area (TPSA) is 26.3 Å². The molecular formula is C16H19FO2. The zero-order valence-corrected chi connectivity index (χ0v) is 11.4. The summed E-state index contributed by atoms with van der Waals surface area (Å²) in [5, 5.41) is 0. The molecule has 0 aliphatic heterocycles. The minimum atomic E-state index is -1.61. The van der Waals surface area contributed by atoms with Crippen molar-refractivity contribution in [2.45, 2.75) is 38.3 Å². The van der Waals surface area contributed by atoms with Crippen LogP contribution in [-0.4, -0.2) is 18.7 Å². The van der Waals surface area contributed by atoms with E-state index in [0.717, 1.165) is 18.4 Å². The Morgan fingerprint density at radius 1 is 1.42 bits per heavy atom. The Hall–Kier alpha value is -1.82. The molecular weight excluding hydrogens is 243 g/mol. The van der Waals surface area contributed by atoms with Crippen molar-refractivity contribution in [3.63, 3.8) is 0 Å². The summed E-state index contributed by atoms with van der Waals surface area (Å²) in [7, 11) is 1.33. The van der Waals surface area contributed by atoms with Crippen LogP contribution in [0, 0.1) is 12.3 Å². The fourth-order valence-corrected chi connectivity index (χ4v) is 1.87. The zero-order valence-electron chi connectivity index (χ0n) is 11.4. The number of hydrogen-bond acceptors (Lipinski definition) is 2. The number of benzene rings is 1. The van der Waals surface area contributed by atoms with E-state index in [-0.39, 0.29) is 6.42 Å². The van der Waals surface area contributed by atoms with Gasteiger partial charge >= 0.3 is 5.97 Å². The SMILES string of the molecule is C#CC(F)(CCCC)Cc1ccc(C(=O)OC)cc1. The van der Waals surface area contributed by atoms with Gasteiger partial charge in [-0.3, -0.25) is 0 Å². The van der Waals surface area contributed by atoms with E-state index in [0.29, 0.717) is 12.0 Å². The molecule has 0 amide bonds. The molecule has 19 heavy (non-hydrogen) atoms. The van der Waals surface area contributed by atoms with Gasteiger partial charge < -0.3 is 4.74 Å². The van der Waals surface area contributed by atoms with Crippen LogP contribution in [0.3, 0.4) is 0 Å². The number of unbranched alkanes of at least 4 members (excludes halogenated alkanes) is 1. The van der Waals surface area contributed by atoms with E-state index in [9.17, 15) is 9.18 Å². The first-order valence-corrected chi connectivity index (χ1v) is 6.38. The number of alkyl halides is 1. The quantitative estimate of drug-likeness (QED) is 0.579. The first kappa shape index (κ1) is 15.2. The molecule has 3 heteroatoms. The highest BCUT2D eigenvalue weighted by molar-refractivity contribution is 5.89. The van der Waals surface area contributed by atoms with Crippen molar-refractivity contribution in [1.29, 1.82) is 0 Å². The van der Waals surface area contributed by atoms with E-state index in [4.69, 9.17) is 6.42 Å². The number of methoxy groups -OCH3 is 1. The van der Waals surface area contributed by atoms with Gasteiger partial charge in [-0.05, 0) is 30.5 Å². The van der Waals surface area contributed by atoms with Gasteiger partial charge in [0.05, 0.1) is 12.7 Å². The zero-order chi connectivity index (χ0) is 14.3. The number of hydrogen-bond donors (Lipinski definition) is 0. The molecule has 2 nitrogen and oxygen atoms in total. The van der Waals surface area contributed by atoms with Crippen LogP contribution in [0.1, 0.15) is 42.1 Å². The van der Waals surface area contributed by atoms with Crippen molar-refractivity contribution < 1.29 is 13.9 Å². The largest absolute Gasteiger partial charge is 0.465 e. The molecule has 0 saturated heterocycles. The van der Waals surface area contributed by atoms with Crippen LogP contribution in [0.4, 0.5) is 4.39 Å². The van der Waals surface area contributed by atoms with Crippen molar-refractivity contribution in [2.75, 3.05) is 7.11 Å². The number of terminal acetylenes is 1. The van der Waals surface area contributed by atoms with Gasteiger partial charge in [-0.25, -0.2) is 9.18 Å². The lowest BCUT2D eigenvalue weighted by molar-refractivity contribution is 0.0600. The van der Waals surface area contributed by atoms with Crippen LogP contribution in [0.15, 0.2) is 24.3 Å². The van der Waals surface area contributed by atoms with Gasteiger partial charge in [-0.2, -0.15) is 0 Å². The molecule has 1 atom stereocenters. The van der Waals surface area contributed by atoms with Crippen LogP contribution in [0.25, 0.3) is 0 Å². The number of rotatable bonds is 6. The third-order valence-corrected chi connectivity index (χ3v) is 3.04. The Morgan fingerprint density at radius 3 is 2.53 bits per heavy atom. The van der Waals surface area contributed by atoms with Crippen molar-refractivity contribution >= 4 is 5.97 Å². The number of carbonyl (C=O) groups is 1. The van der Waals surface area contributed by atoms with Gasteiger partial charge in [0.1, 0.15) is 0 Å². The maximum absolute atomic E-state index is 14.4. The molecule has 0 aliphatic rings. The summed E-state index contributed by atoms with van der Waals surface area (Å²) in [5.41, 5.74) is -0.378. The van der Waals surface area contributed by atoms with E-state index in [1.807, 2.05) is 6.92 Å². The van der Waals surface area contributed by atoms with Crippen LogP contribution < -0.4 is 0 Å². The van der Waals surface area contributed by atoms with Crippen LogP contribution in [0.2, 0.25) is 0 Å². The average molecular weight is 262 g/mol. The maximum Gasteiger partial charge on any atom is 0.337 e. The first-order valence-electron chi connectivity index (χ1n) is 6.38. The lowest BCUT2D eigenvalue weighted by atomic mass is 9.91. The van der Waals surface area contributed by atoms with Gasteiger partial charge in [-0.15, -0.1) is 6.42 Å². The van der Waals surface area contributed by atoms with Crippen molar-refractivity contribution in [1.82, 2.24) is 0 Å². The van der Waals surface area contributed by atoms with Crippen molar-refractivity contribution in [3.8, 4) is 12.3 Å². The molecule has 0 saturated carbocycles.